The molecule has 0 saturated heterocycles. The molecule has 3 rings (SSSR count). The van der Waals surface area contributed by atoms with Gasteiger partial charge in [0, 0.05) is 12.0 Å². The Morgan fingerprint density at radius 2 is 1.52 bits per heavy atom. The molecular weight excluding hydrogens is 364 g/mol. The number of hydrogen-bond acceptors (Lipinski definition) is 5. The van der Waals surface area contributed by atoms with Crippen LogP contribution in [0.3, 0.4) is 0 Å². The van der Waals surface area contributed by atoms with Gasteiger partial charge in [-0.15, -0.1) is 0 Å². The molecule has 0 bridgehead atoms. The standard InChI is InChI=1S/C21H24O5S/c1-21(2,3)27(23,24)14-15-4-7-17(8-5-15)18(22)12-16-6-9-19-20(13-16)26-11-10-25-19/h4-9,13H,10-12,14H2,1-3H3. The molecule has 0 spiro atoms. The Bertz CT molecular complexity index is 938. The van der Waals surface area contributed by atoms with Crippen LogP contribution in [0.4, 0.5) is 0 Å². The van der Waals surface area contributed by atoms with Crippen molar-refractivity contribution in [2.75, 3.05) is 13.2 Å². The summed E-state index contributed by atoms with van der Waals surface area (Å²) in [6.45, 7) is 6.10. The zero-order chi connectivity index (χ0) is 19.7. The van der Waals surface area contributed by atoms with Crippen molar-refractivity contribution in [2.24, 2.45) is 0 Å². The predicted molar refractivity (Wildman–Crippen MR) is 104 cm³/mol. The van der Waals surface area contributed by atoms with Gasteiger partial charge in [-0.2, -0.15) is 0 Å². The van der Waals surface area contributed by atoms with Gasteiger partial charge in [-0.3, -0.25) is 4.79 Å². The van der Waals surface area contributed by atoms with E-state index in [1.165, 1.54) is 0 Å². The van der Waals surface area contributed by atoms with E-state index >= 15 is 0 Å². The average Bonchev–Trinajstić information content (AvgIpc) is 2.61. The summed E-state index contributed by atoms with van der Waals surface area (Å²) in [5.74, 6) is 1.29. The van der Waals surface area contributed by atoms with Crippen LogP contribution in [-0.2, 0) is 22.0 Å². The Morgan fingerprint density at radius 1 is 0.926 bits per heavy atom. The maximum atomic E-state index is 12.5. The van der Waals surface area contributed by atoms with Gasteiger partial charge in [-0.05, 0) is 44.0 Å². The summed E-state index contributed by atoms with van der Waals surface area (Å²) in [6.07, 6.45) is 0.246. The monoisotopic (exact) mass is 388 g/mol. The second-order valence-corrected chi connectivity index (χ2v) is 10.4. The first-order chi connectivity index (χ1) is 12.7. The van der Waals surface area contributed by atoms with Crippen LogP contribution in [0.2, 0.25) is 0 Å². The highest BCUT2D eigenvalue weighted by Gasteiger charge is 2.28. The Balaban J connectivity index is 1.69. The van der Waals surface area contributed by atoms with E-state index < -0.39 is 14.6 Å². The summed E-state index contributed by atoms with van der Waals surface area (Å²) < 4.78 is 34.8. The molecule has 0 aliphatic carbocycles. The van der Waals surface area contributed by atoms with E-state index in [4.69, 9.17) is 9.47 Å². The highest BCUT2D eigenvalue weighted by Crippen LogP contribution is 2.31. The molecule has 0 radical (unpaired) electrons. The van der Waals surface area contributed by atoms with Gasteiger partial charge < -0.3 is 9.47 Å². The molecule has 2 aromatic carbocycles. The summed E-state index contributed by atoms with van der Waals surface area (Å²) in [5.41, 5.74) is 2.09. The predicted octanol–water partition coefficient (Wildman–Crippen LogP) is 3.60. The number of hydrogen-bond donors (Lipinski definition) is 0. The summed E-state index contributed by atoms with van der Waals surface area (Å²) in [7, 11) is -3.25. The zero-order valence-electron chi connectivity index (χ0n) is 15.8. The maximum absolute atomic E-state index is 12.5. The van der Waals surface area contributed by atoms with Gasteiger partial charge in [-0.1, -0.05) is 30.3 Å². The highest BCUT2D eigenvalue weighted by molar-refractivity contribution is 7.91. The number of ether oxygens (including phenoxy) is 2. The lowest BCUT2D eigenvalue weighted by Gasteiger charge is -2.19. The van der Waals surface area contributed by atoms with Crippen molar-refractivity contribution in [3.05, 3.63) is 59.2 Å². The van der Waals surface area contributed by atoms with Crippen molar-refractivity contribution in [2.45, 2.75) is 37.7 Å². The van der Waals surface area contributed by atoms with E-state index in [0.29, 0.717) is 35.8 Å². The molecule has 1 heterocycles. The van der Waals surface area contributed by atoms with Gasteiger partial charge in [0.1, 0.15) is 13.2 Å². The van der Waals surface area contributed by atoms with E-state index in [2.05, 4.69) is 0 Å². The van der Waals surface area contributed by atoms with Crippen molar-refractivity contribution in [3.8, 4) is 11.5 Å². The van der Waals surface area contributed by atoms with Crippen LogP contribution in [-0.4, -0.2) is 32.2 Å². The third kappa shape index (κ3) is 4.50. The SMILES string of the molecule is CC(C)(C)S(=O)(=O)Cc1ccc(C(=O)Cc2ccc3c(c2)OCCO3)cc1. The number of carbonyl (C=O) groups is 1. The molecule has 0 fully saturated rings. The zero-order valence-corrected chi connectivity index (χ0v) is 16.6. The fraction of sp³-hybridized carbons (Fsp3) is 0.381. The van der Waals surface area contributed by atoms with Crippen molar-refractivity contribution < 1.29 is 22.7 Å². The van der Waals surface area contributed by atoms with Crippen molar-refractivity contribution in [3.63, 3.8) is 0 Å². The van der Waals surface area contributed by atoms with E-state index in [1.807, 2.05) is 18.2 Å². The van der Waals surface area contributed by atoms with Crippen LogP contribution in [0.5, 0.6) is 11.5 Å². The number of carbonyl (C=O) groups excluding carboxylic acids is 1. The minimum absolute atomic E-state index is 0.0306. The first kappa shape index (κ1) is 19.4. The Hall–Kier alpha value is -2.34. The van der Waals surface area contributed by atoms with Gasteiger partial charge in [0.05, 0.1) is 10.5 Å². The molecule has 0 atom stereocenters. The Kier molecular flexibility index (Phi) is 5.29. The number of fused-ring (bicyclic) bond motifs is 1. The smallest absolute Gasteiger partial charge is 0.167 e. The number of benzene rings is 2. The van der Waals surface area contributed by atoms with Crippen molar-refractivity contribution in [1.29, 1.82) is 0 Å². The molecule has 6 heteroatoms. The number of sulfone groups is 1. The lowest BCUT2D eigenvalue weighted by Crippen LogP contribution is -2.29. The molecule has 0 unspecified atom stereocenters. The molecule has 27 heavy (non-hydrogen) atoms. The molecule has 1 aliphatic heterocycles. The fourth-order valence-electron chi connectivity index (χ4n) is 2.71. The normalized spacial score (nSPS) is 14.0. The van der Waals surface area contributed by atoms with Crippen LogP contribution >= 0.6 is 0 Å². The minimum Gasteiger partial charge on any atom is -0.486 e. The third-order valence-electron chi connectivity index (χ3n) is 4.54. The first-order valence-corrected chi connectivity index (χ1v) is 10.5. The topological polar surface area (TPSA) is 69.7 Å². The van der Waals surface area contributed by atoms with E-state index in [0.717, 1.165) is 5.56 Å². The van der Waals surface area contributed by atoms with Crippen molar-refractivity contribution in [1.82, 2.24) is 0 Å². The largest absolute Gasteiger partial charge is 0.486 e. The second kappa shape index (κ2) is 7.35. The quantitative estimate of drug-likeness (QED) is 0.732. The van der Waals surface area contributed by atoms with E-state index in [1.54, 1.807) is 45.0 Å². The number of ketones is 1. The lowest BCUT2D eigenvalue weighted by molar-refractivity contribution is 0.0992. The van der Waals surface area contributed by atoms with Crippen LogP contribution in [0.1, 0.15) is 42.3 Å². The maximum Gasteiger partial charge on any atom is 0.167 e. The van der Waals surface area contributed by atoms with Gasteiger partial charge in [0.2, 0.25) is 0 Å². The summed E-state index contributed by atoms with van der Waals surface area (Å²) in [6, 6.07) is 12.3. The molecule has 2 aromatic rings. The number of rotatable bonds is 5. The molecule has 0 saturated carbocycles. The van der Waals surface area contributed by atoms with E-state index in [-0.39, 0.29) is 18.0 Å². The molecule has 144 valence electrons. The van der Waals surface area contributed by atoms with Crippen LogP contribution in [0.15, 0.2) is 42.5 Å². The van der Waals surface area contributed by atoms with Gasteiger partial charge in [0.25, 0.3) is 0 Å². The van der Waals surface area contributed by atoms with Crippen molar-refractivity contribution >= 4 is 15.6 Å². The third-order valence-corrected chi connectivity index (χ3v) is 7.12. The van der Waals surface area contributed by atoms with Crippen LogP contribution in [0, 0.1) is 0 Å². The average molecular weight is 388 g/mol. The minimum atomic E-state index is -3.25. The van der Waals surface area contributed by atoms with Gasteiger partial charge in [0.15, 0.2) is 27.1 Å². The molecule has 0 N–H and O–H groups in total. The summed E-state index contributed by atoms with van der Waals surface area (Å²) in [4.78, 5) is 12.5. The summed E-state index contributed by atoms with van der Waals surface area (Å²) >= 11 is 0. The lowest BCUT2D eigenvalue weighted by atomic mass is 10.0. The molecule has 1 aliphatic rings. The summed E-state index contributed by atoms with van der Waals surface area (Å²) in [5, 5.41) is 0. The molecule has 0 amide bonds. The molecule has 5 nitrogen and oxygen atoms in total. The highest BCUT2D eigenvalue weighted by atomic mass is 32.2. The van der Waals surface area contributed by atoms with Crippen LogP contribution < -0.4 is 9.47 Å². The van der Waals surface area contributed by atoms with Gasteiger partial charge >= 0.3 is 0 Å². The molecule has 0 aromatic heterocycles. The van der Waals surface area contributed by atoms with Gasteiger partial charge in [-0.25, -0.2) is 8.42 Å². The van der Waals surface area contributed by atoms with Crippen LogP contribution in [0.25, 0.3) is 0 Å². The fourth-order valence-corrected chi connectivity index (χ4v) is 3.77. The first-order valence-electron chi connectivity index (χ1n) is 8.89. The Morgan fingerprint density at radius 3 is 2.15 bits per heavy atom. The number of Topliss-reactive ketones (excluding diaryl/α,β-unsaturated/α-hetero) is 1. The Labute approximate surface area is 160 Å². The van der Waals surface area contributed by atoms with E-state index in [9.17, 15) is 13.2 Å². The molecular formula is C21H24O5S. The second-order valence-electron chi connectivity index (χ2n) is 7.65.